The van der Waals surface area contributed by atoms with Crippen LogP contribution in [0.3, 0.4) is 0 Å². The normalized spacial score (nSPS) is 11.1. The second kappa shape index (κ2) is 9.95. The molecule has 154 valence electrons. The summed E-state index contributed by atoms with van der Waals surface area (Å²) in [5, 5.41) is 0. The first-order valence-electron chi connectivity index (χ1n) is 10.7. The molecule has 0 aliphatic heterocycles. The van der Waals surface area contributed by atoms with Gasteiger partial charge in [-0.3, -0.25) is 0 Å². The van der Waals surface area contributed by atoms with Crippen LogP contribution in [0.2, 0.25) is 0 Å². The van der Waals surface area contributed by atoms with E-state index in [0.29, 0.717) is 0 Å². The molecular weight excluding hydrogens is 424 g/mol. The lowest BCUT2D eigenvalue weighted by atomic mass is 10.3. The average molecular weight is 449 g/mol. The molecule has 0 spiro atoms. The molecule has 0 amide bonds. The smallest absolute Gasteiger partial charge is 0.0619 e. The van der Waals surface area contributed by atoms with Gasteiger partial charge in [-0.25, -0.2) is 0 Å². The van der Waals surface area contributed by atoms with E-state index < -0.39 is 0 Å². The highest BCUT2D eigenvalue weighted by Gasteiger charge is 2.33. The van der Waals surface area contributed by atoms with Crippen LogP contribution in [0.15, 0.2) is 175 Å². The maximum absolute atomic E-state index is 2.42. The molecule has 0 N–H and O–H groups in total. The van der Waals surface area contributed by atoms with E-state index in [-0.39, 0.29) is 21.8 Å². The van der Waals surface area contributed by atoms with Gasteiger partial charge in [0, 0.05) is 0 Å². The van der Waals surface area contributed by atoms with Gasteiger partial charge in [-0.1, -0.05) is 78.9 Å². The summed E-state index contributed by atoms with van der Waals surface area (Å²) < 4.78 is 0. The molecule has 0 nitrogen and oxygen atoms in total. The lowest BCUT2D eigenvalue weighted by Crippen LogP contribution is -2.08. The van der Waals surface area contributed by atoms with Crippen LogP contribution >= 0.6 is 0 Å². The summed E-state index contributed by atoms with van der Waals surface area (Å²) in [6.07, 6.45) is 0. The van der Waals surface area contributed by atoms with Crippen LogP contribution in [0.25, 0.3) is 0 Å². The SMILES string of the molecule is c1ccc([S+](c2ccccc2)c2cccc([S+](c3ccccc3)c3ccccc3)c2)cc1. The molecule has 5 aromatic rings. The molecule has 0 radical (unpaired) electrons. The van der Waals surface area contributed by atoms with Crippen molar-refractivity contribution in [2.24, 2.45) is 0 Å². The van der Waals surface area contributed by atoms with Gasteiger partial charge in [-0.2, -0.15) is 0 Å². The first-order valence-corrected chi connectivity index (χ1v) is 13.1. The summed E-state index contributed by atoms with van der Waals surface area (Å²) in [6, 6.07) is 52.7. The number of benzene rings is 5. The Kier molecular flexibility index (Phi) is 6.43. The van der Waals surface area contributed by atoms with E-state index in [0.717, 1.165) is 0 Å². The highest BCUT2D eigenvalue weighted by atomic mass is 32.2. The van der Waals surface area contributed by atoms with Gasteiger partial charge >= 0.3 is 0 Å². The minimum absolute atomic E-state index is 0.150. The second-order valence-corrected chi connectivity index (χ2v) is 11.4. The predicted octanol–water partition coefficient (Wildman–Crippen LogP) is 7.88. The van der Waals surface area contributed by atoms with Gasteiger partial charge in [-0.15, -0.1) is 0 Å². The van der Waals surface area contributed by atoms with E-state index in [1.807, 2.05) is 0 Å². The minimum Gasteiger partial charge on any atom is -0.0619 e. The molecule has 0 aliphatic carbocycles. The third-order valence-electron chi connectivity index (χ3n) is 5.19. The van der Waals surface area contributed by atoms with Crippen LogP contribution in [-0.2, 0) is 21.8 Å². The first-order chi connectivity index (χ1) is 15.9. The van der Waals surface area contributed by atoms with Crippen LogP contribution in [0.1, 0.15) is 0 Å². The Morgan fingerprint density at radius 3 is 0.781 bits per heavy atom. The van der Waals surface area contributed by atoms with Crippen LogP contribution < -0.4 is 0 Å². The van der Waals surface area contributed by atoms with Crippen molar-refractivity contribution in [3.63, 3.8) is 0 Å². The van der Waals surface area contributed by atoms with Crippen molar-refractivity contribution in [3.8, 4) is 0 Å². The van der Waals surface area contributed by atoms with Crippen LogP contribution in [0.5, 0.6) is 0 Å². The topological polar surface area (TPSA) is 0 Å². The van der Waals surface area contributed by atoms with Crippen LogP contribution in [0.4, 0.5) is 0 Å². The van der Waals surface area contributed by atoms with Crippen molar-refractivity contribution in [1.29, 1.82) is 0 Å². The molecule has 0 unspecified atom stereocenters. The molecule has 0 aliphatic rings. The Labute approximate surface area is 196 Å². The monoisotopic (exact) mass is 448 g/mol. The molecule has 0 saturated carbocycles. The quantitative estimate of drug-likeness (QED) is 0.232. The Balaban J connectivity index is 1.65. The summed E-state index contributed by atoms with van der Waals surface area (Å²) in [5.74, 6) is 0. The van der Waals surface area contributed by atoms with Crippen molar-refractivity contribution in [2.75, 3.05) is 0 Å². The van der Waals surface area contributed by atoms with Crippen molar-refractivity contribution >= 4 is 21.8 Å². The van der Waals surface area contributed by atoms with Crippen molar-refractivity contribution in [1.82, 2.24) is 0 Å². The third kappa shape index (κ3) is 4.52. The van der Waals surface area contributed by atoms with E-state index >= 15 is 0 Å². The molecule has 0 aromatic heterocycles. The Morgan fingerprint density at radius 1 is 0.250 bits per heavy atom. The fraction of sp³-hybridized carbons (Fsp3) is 0. The summed E-state index contributed by atoms with van der Waals surface area (Å²) in [4.78, 5) is 8.07. The van der Waals surface area contributed by atoms with Crippen LogP contribution in [-0.4, -0.2) is 0 Å². The first kappa shape index (κ1) is 20.7. The maximum atomic E-state index is 2.42. The van der Waals surface area contributed by atoms with Gasteiger partial charge in [0.05, 0.1) is 27.9 Å². The molecule has 5 aromatic carbocycles. The predicted molar refractivity (Wildman–Crippen MR) is 137 cm³/mol. The lowest BCUT2D eigenvalue weighted by molar-refractivity contribution is 1.25. The van der Waals surface area contributed by atoms with E-state index in [4.69, 9.17) is 0 Å². The molecule has 0 atom stereocenters. The molecule has 5 rings (SSSR count). The number of hydrogen-bond acceptors (Lipinski definition) is 0. The standard InChI is InChI=1S/C30H24S2/c1-5-14-25(15-6-1)31(26-16-7-2-8-17-26)29-22-13-23-30(24-29)32(27-18-9-3-10-19-27)28-20-11-4-12-21-28/h1-24H/q+2. The number of hydrogen-bond donors (Lipinski definition) is 0. The molecule has 2 heteroatoms. The van der Waals surface area contributed by atoms with Gasteiger partial charge in [0.2, 0.25) is 0 Å². The zero-order valence-electron chi connectivity index (χ0n) is 17.7. The highest BCUT2D eigenvalue weighted by Crippen LogP contribution is 2.36. The zero-order chi connectivity index (χ0) is 21.6. The van der Waals surface area contributed by atoms with Gasteiger partial charge in [0.25, 0.3) is 0 Å². The summed E-state index contributed by atoms with van der Waals surface area (Å²) in [7, 11) is -0.300. The zero-order valence-corrected chi connectivity index (χ0v) is 19.3. The van der Waals surface area contributed by atoms with E-state index in [1.54, 1.807) is 0 Å². The molecule has 0 fully saturated rings. The van der Waals surface area contributed by atoms with Crippen molar-refractivity contribution in [2.45, 2.75) is 29.4 Å². The fourth-order valence-corrected chi connectivity index (χ4v) is 8.11. The van der Waals surface area contributed by atoms with Gasteiger partial charge in [0.15, 0.2) is 29.4 Å². The average Bonchev–Trinajstić information content (AvgIpc) is 2.87. The van der Waals surface area contributed by atoms with E-state index in [2.05, 4.69) is 146 Å². The van der Waals surface area contributed by atoms with Gasteiger partial charge < -0.3 is 0 Å². The van der Waals surface area contributed by atoms with E-state index in [9.17, 15) is 0 Å². The Bertz CT molecular complexity index is 1080. The molecule has 0 bridgehead atoms. The highest BCUT2D eigenvalue weighted by molar-refractivity contribution is 7.98. The van der Waals surface area contributed by atoms with Crippen molar-refractivity contribution in [3.05, 3.63) is 146 Å². The Morgan fingerprint density at radius 2 is 0.500 bits per heavy atom. The summed E-state index contributed by atoms with van der Waals surface area (Å²) in [5.41, 5.74) is 0. The minimum atomic E-state index is -0.150. The molecule has 32 heavy (non-hydrogen) atoms. The van der Waals surface area contributed by atoms with E-state index in [1.165, 1.54) is 29.4 Å². The Hall–Kier alpha value is -3.20. The van der Waals surface area contributed by atoms with Gasteiger partial charge in [0.1, 0.15) is 0 Å². The fourth-order valence-electron chi connectivity index (χ4n) is 3.77. The van der Waals surface area contributed by atoms with Gasteiger partial charge in [-0.05, 0) is 60.7 Å². The maximum Gasteiger partial charge on any atom is 0.171 e. The van der Waals surface area contributed by atoms with Crippen LogP contribution in [0, 0.1) is 0 Å². The molecular formula is C30H24S2+2. The molecule has 0 saturated heterocycles. The third-order valence-corrected chi connectivity index (χ3v) is 9.62. The summed E-state index contributed by atoms with van der Waals surface area (Å²) in [6.45, 7) is 0. The second-order valence-electron chi connectivity index (χ2n) is 7.34. The number of rotatable bonds is 6. The largest absolute Gasteiger partial charge is 0.171 e. The summed E-state index contributed by atoms with van der Waals surface area (Å²) >= 11 is 0. The molecule has 0 heterocycles. The van der Waals surface area contributed by atoms with Crippen molar-refractivity contribution < 1.29 is 0 Å². The lowest BCUT2D eigenvalue weighted by Gasteiger charge is -2.11.